The molecule has 0 radical (unpaired) electrons. The Balaban J connectivity index is 1.43. The number of halogens is 2. The molecule has 3 nitrogen and oxygen atoms in total. The second kappa shape index (κ2) is 10.6. The lowest BCUT2D eigenvalue weighted by Gasteiger charge is -2.46. The van der Waals surface area contributed by atoms with Crippen LogP contribution in [0.5, 0.6) is 0 Å². The van der Waals surface area contributed by atoms with E-state index in [0.29, 0.717) is 29.0 Å². The maximum absolute atomic E-state index is 14.4. The van der Waals surface area contributed by atoms with Crippen molar-refractivity contribution in [1.82, 2.24) is 0 Å². The maximum Gasteiger partial charge on any atom is 0.143 e. The number of benzene rings is 2. The number of nitrogens with zero attached hydrogens (tertiary/aromatic N) is 2. The molecule has 2 aromatic carbocycles. The van der Waals surface area contributed by atoms with Gasteiger partial charge in [-0.25, -0.2) is 8.78 Å². The largest absolute Gasteiger partial charge is 0.385 e. The second-order valence-electron chi connectivity index (χ2n) is 11.0. The average Bonchev–Trinajstić information content (AvgIpc) is 2.79. The summed E-state index contributed by atoms with van der Waals surface area (Å²) in [4.78, 5) is 4.93. The topological polar surface area (TPSA) is 56.4 Å². The van der Waals surface area contributed by atoms with Crippen molar-refractivity contribution in [3.8, 4) is 6.07 Å². The van der Waals surface area contributed by atoms with Gasteiger partial charge in [0.2, 0.25) is 0 Å². The monoisotopic (exact) mass is 478 g/mol. The third kappa shape index (κ3) is 5.81. The van der Waals surface area contributed by atoms with E-state index in [4.69, 9.17) is 4.99 Å². The number of rotatable bonds is 8. The molecule has 2 atom stereocenters. The van der Waals surface area contributed by atoms with Crippen LogP contribution < -0.4 is 0 Å². The number of aliphatic hydroxyl groups is 1. The van der Waals surface area contributed by atoms with E-state index in [1.54, 1.807) is 31.2 Å². The first-order chi connectivity index (χ1) is 16.7. The summed E-state index contributed by atoms with van der Waals surface area (Å²) >= 11 is 0. The summed E-state index contributed by atoms with van der Waals surface area (Å²) in [5.74, 6) is -0.337. The molecule has 0 amide bonds. The molecule has 186 valence electrons. The Morgan fingerprint density at radius 3 is 2.60 bits per heavy atom. The summed E-state index contributed by atoms with van der Waals surface area (Å²) in [5, 5.41) is 20.1. The number of fused-ring (bicyclic) bond motifs is 1. The van der Waals surface area contributed by atoms with E-state index in [9.17, 15) is 19.1 Å². The van der Waals surface area contributed by atoms with Crippen LogP contribution >= 0.6 is 0 Å². The van der Waals surface area contributed by atoms with Crippen LogP contribution in [-0.4, -0.2) is 10.8 Å². The summed E-state index contributed by atoms with van der Waals surface area (Å²) in [6.45, 7) is 4.06. The van der Waals surface area contributed by atoms with E-state index >= 15 is 0 Å². The van der Waals surface area contributed by atoms with E-state index in [-0.39, 0.29) is 11.4 Å². The number of unbranched alkanes of at least 4 members (excludes halogenated alkanes) is 2. The molecule has 2 unspecified atom stereocenters. The molecular weight excluding hydrogens is 442 g/mol. The Hall–Kier alpha value is -2.58. The van der Waals surface area contributed by atoms with Crippen molar-refractivity contribution in [1.29, 1.82) is 5.26 Å². The minimum Gasteiger partial charge on any atom is -0.385 e. The van der Waals surface area contributed by atoms with Crippen molar-refractivity contribution >= 4 is 11.4 Å². The number of aliphatic imine (C=N–C) groups is 1. The normalized spacial score (nSPS) is 20.9. The summed E-state index contributed by atoms with van der Waals surface area (Å²) < 4.78 is 28.5. The third-order valence-corrected chi connectivity index (χ3v) is 8.38. The van der Waals surface area contributed by atoms with Crippen LogP contribution in [0.3, 0.4) is 0 Å². The van der Waals surface area contributed by atoms with Gasteiger partial charge in [0.1, 0.15) is 17.7 Å². The molecule has 1 N–H and O–H groups in total. The van der Waals surface area contributed by atoms with Gasteiger partial charge < -0.3 is 5.11 Å². The number of hydrogen-bond donors (Lipinski definition) is 1. The van der Waals surface area contributed by atoms with Crippen LogP contribution in [0.25, 0.3) is 0 Å². The van der Waals surface area contributed by atoms with Gasteiger partial charge in [0.15, 0.2) is 0 Å². The van der Waals surface area contributed by atoms with Gasteiger partial charge in [0, 0.05) is 17.3 Å². The minimum absolute atomic E-state index is 0.0920. The fraction of sp³-hybridized carbons (Fsp3) is 0.533. The Morgan fingerprint density at radius 1 is 1.14 bits per heavy atom. The summed E-state index contributed by atoms with van der Waals surface area (Å²) in [7, 11) is 0. The molecule has 0 aromatic heterocycles. The minimum atomic E-state index is -1.19. The van der Waals surface area contributed by atoms with Gasteiger partial charge in [-0.2, -0.15) is 5.26 Å². The first-order valence-electron chi connectivity index (χ1n) is 13.0. The summed E-state index contributed by atoms with van der Waals surface area (Å²) in [6.07, 6.45) is 10.5. The van der Waals surface area contributed by atoms with Gasteiger partial charge in [-0.15, -0.1) is 0 Å². The average molecular weight is 479 g/mol. The van der Waals surface area contributed by atoms with E-state index in [1.165, 1.54) is 31.4 Å². The van der Waals surface area contributed by atoms with E-state index in [2.05, 4.69) is 6.92 Å². The first kappa shape index (κ1) is 25.5. The quantitative estimate of drug-likeness (QED) is 0.392. The predicted molar refractivity (Wildman–Crippen MR) is 136 cm³/mol. The Kier molecular flexibility index (Phi) is 7.71. The van der Waals surface area contributed by atoms with Gasteiger partial charge in [-0.1, -0.05) is 44.4 Å². The lowest BCUT2D eigenvalue weighted by molar-refractivity contribution is 0.0412. The molecule has 1 saturated carbocycles. The molecule has 2 aromatic rings. The molecule has 1 fully saturated rings. The fourth-order valence-electron chi connectivity index (χ4n) is 5.83. The number of nitriles is 1. The molecule has 1 heterocycles. The van der Waals surface area contributed by atoms with E-state index < -0.39 is 11.4 Å². The first-order valence-corrected chi connectivity index (χ1v) is 13.0. The Labute approximate surface area is 207 Å². The Morgan fingerprint density at radius 2 is 1.91 bits per heavy atom. The van der Waals surface area contributed by atoms with Gasteiger partial charge >= 0.3 is 0 Å². The fourth-order valence-corrected chi connectivity index (χ4v) is 5.83. The standard InChI is InChI=1S/C30H36F2N2O/c1-29(14-8-15-29)23-13-12-21-17-22(20-33)27(32)19-28(21)34-24(18-23)9-4-3-7-16-30(2,35)25-10-5-6-11-26(25)31/h5-6,10-11,17,19,23,35H,3-4,7-9,12-16,18H2,1-2H3. The Bertz CT molecular complexity index is 1130. The molecule has 35 heavy (non-hydrogen) atoms. The molecule has 0 bridgehead atoms. The molecule has 5 heteroatoms. The van der Waals surface area contributed by atoms with Crippen LogP contribution in [0.2, 0.25) is 0 Å². The van der Waals surface area contributed by atoms with E-state index in [1.807, 2.05) is 6.07 Å². The summed E-state index contributed by atoms with van der Waals surface area (Å²) in [5.41, 5.74) is 2.32. The van der Waals surface area contributed by atoms with Crippen molar-refractivity contribution < 1.29 is 13.9 Å². The summed E-state index contributed by atoms with van der Waals surface area (Å²) in [6, 6.07) is 11.5. The molecule has 0 spiro atoms. The zero-order valence-corrected chi connectivity index (χ0v) is 20.9. The molecule has 1 aliphatic heterocycles. The highest BCUT2D eigenvalue weighted by Crippen LogP contribution is 2.50. The van der Waals surface area contributed by atoms with Crippen molar-refractivity contribution in [2.45, 2.75) is 90.1 Å². The highest BCUT2D eigenvalue weighted by atomic mass is 19.1. The van der Waals surface area contributed by atoms with Crippen LogP contribution in [0, 0.1) is 34.3 Å². The smallest absolute Gasteiger partial charge is 0.143 e. The number of aryl methyl sites for hydroxylation is 1. The highest BCUT2D eigenvalue weighted by molar-refractivity contribution is 5.88. The van der Waals surface area contributed by atoms with Crippen molar-refractivity contribution in [2.75, 3.05) is 0 Å². The lowest BCUT2D eigenvalue weighted by Crippen LogP contribution is -2.36. The molecular formula is C30H36F2N2O. The van der Waals surface area contributed by atoms with Crippen molar-refractivity contribution in [2.24, 2.45) is 16.3 Å². The molecule has 0 saturated heterocycles. The maximum atomic E-state index is 14.4. The van der Waals surface area contributed by atoms with Crippen molar-refractivity contribution in [3.05, 3.63) is 64.7 Å². The molecule has 1 aliphatic carbocycles. The van der Waals surface area contributed by atoms with Crippen LogP contribution in [0.4, 0.5) is 14.5 Å². The van der Waals surface area contributed by atoms with Gasteiger partial charge in [0.25, 0.3) is 0 Å². The van der Waals surface area contributed by atoms with Gasteiger partial charge in [-0.05, 0) is 87.3 Å². The van der Waals surface area contributed by atoms with Gasteiger partial charge in [-0.3, -0.25) is 4.99 Å². The van der Waals surface area contributed by atoms with E-state index in [0.717, 1.165) is 56.2 Å². The lowest BCUT2D eigenvalue weighted by atomic mass is 9.59. The van der Waals surface area contributed by atoms with Crippen LogP contribution in [0.1, 0.15) is 94.7 Å². The SMILES string of the molecule is CC(O)(CCCCCC1=Nc2cc(F)c(C#N)cc2CCC(C2(C)CCC2)C1)c1ccccc1F. The predicted octanol–water partition coefficient (Wildman–Crippen LogP) is 7.91. The number of hydrogen-bond acceptors (Lipinski definition) is 3. The van der Waals surface area contributed by atoms with Gasteiger partial charge in [0.05, 0.1) is 16.9 Å². The second-order valence-corrected chi connectivity index (χ2v) is 11.0. The third-order valence-electron chi connectivity index (χ3n) is 8.38. The zero-order chi connectivity index (χ0) is 25.1. The van der Waals surface area contributed by atoms with Crippen LogP contribution in [0.15, 0.2) is 41.4 Å². The molecule has 2 aliphatic rings. The highest BCUT2D eigenvalue weighted by Gasteiger charge is 2.40. The van der Waals surface area contributed by atoms with Crippen molar-refractivity contribution in [3.63, 3.8) is 0 Å². The zero-order valence-electron chi connectivity index (χ0n) is 20.9. The van der Waals surface area contributed by atoms with Crippen LogP contribution in [-0.2, 0) is 12.0 Å². The molecule has 4 rings (SSSR count).